The molecule has 0 aliphatic carbocycles. The van der Waals surface area contributed by atoms with E-state index in [9.17, 15) is 4.79 Å². The highest BCUT2D eigenvalue weighted by Gasteiger charge is 2.15. The summed E-state index contributed by atoms with van der Waals surface area (Å²) in [6.45, 7) is 5.45. The summed E-state index contributed by atoms with van der Waals surface area (Å²) in [5.74, 6) is 0. The van der Waals surface area contributed by atoms with Gasteiger partial charge in [-0.05, 0) is 26.2 Å². The number of rotatable bonds is 1. The van der Waals surface area contributed by atoms with Crippen LogP contribution < -0.4 is 0 Å². The molecule has 0 spiro atoms. The molecule has 1 amide bonds. The van der Waals surface area contributed by atoms with Crippen molar-refractivity contribution < 1.29 is 9.53 Å². The lowest BCUT2D eigenvalue weighted by molar-refractivity contribution is 0.0605. The van der Waals surface area contributed by atoms with Gasteiger partial charge in [0.1, 0.15) is 5.60 Å². The Hall–Kier alpha value is -1.03. The van der Waals surface area contributed by atoms with Crippen molar-refractivity contribution in [2.75, 3.05) is 0 Å². The number of ether oxygens (including phenoxy) is 1. The van der Waals surface area contributed by atoms with E-state index in [1.807, 2.05) is 44.4 Å². The highest BCUT2D eigenvalue weighted by atomic mass is 32.2. The number of amides is 1. The lowest BCUT2D eigenvalue weighted by atomic mass is 10.2. The van der Waals surface area contributed by atoms with Crippen LogP contribution in [0.15, 0.2) is 28.6 Å². The van der Waals surface area contributed by atoms with Crippen LogP contribution in [-0.4, -0.2) is 23.2 Å². The standard InChI is InChI=1S/C11H15NO2S/c1-11(2,3)14-10(13)12-8-9-6-4-5-7-15-9/h4-9H,1-3H3/b12-8+. The molecule has 3 nitrogen and oxygen atoms in total. The molecular formula is C11H15NO2S. The van der Waals surface area contributed by atoms with Crippen molar-refractivity contribution in [3.8, 4) is 0 Å². The number of carbonyl (C=O) groups excluding carboxylic acids is 1. The molecule has 0 fully saturated rings. The molecule has 1 aliphatic rings. The van der Waals surface area contributed by atoms with Crippen LogP contribution in [0.25, 0.3) is 0 Å². The summed E-state index contributed by atoms with van der Waals surface area (Å²) in [5.41, 5.74) is -0.482. The van der Waals surface area contributed by atoms with E-state index in [0.29, 0.717) is 0 Å². The van der Waals surface area contributed by atoms with Crippen molar-refractivity contribution >= 4 is 24.1 Å². The van der Waals surface area contributed by atoms with Crippen LogP contribution in [0.1, 0.15) is 20.8 Å². The first kappa shape index (κ1) is 12.0. The molecule has 1 heterocycles. The molecule has 1 aliphatic heterocycles. The summed E-state index contributed by atoms with van der Waals surface area (Å²) in [6, 6.07) is 0. The first-order valence-corrected chi connectivity index (χ1v) is 5.68. The summed E-state index contributed by atoms with van der Waals surface area (Å²) in [6.07, 6.45) is 6.91. The molecule has 82 valence electrons. The number of nitrogens with zero attached hydrogens (tertiary/aromatic N) is 1. The van der Waals surface area contributed by atoms with Gasteiger partial charge in [0.2, 0.25) is 0 Å². The van der Waals surface area contributed by atoms with E-state index in [0.717, 1.165) is 0 Å². The predicted octanol–water partition coefficient (Wildman–Crippen LogP) is 3.18. The highest BCUT2D eigenvalue weighted by molar-refractivity contribution is 8.03. The van der Waals surface area contributed by atoms with Gasteiger partial charge in [-0.1, -0.05) is 18.2 Å². The van der Waals surface area contributed by atoms with Crippen molar-refractivity contribution in [3.63, 3.8) is 0 Å². The number of carbonyl (C=O) groups is 1. The Kier molecular flexibility index (Phi) is 4.15. The first-order chi connectivity index (χ1) is 6.97. The van der Waals surface area contributed by atoms with Crippen molar-refractivity contribution in [1.82, 2.24) is 0 Å². The Bertz CT molecular complexity index is 313. The van der Waals surface area contributed by atoms with Crippen LogP contribution in [0.2, 0.25) is 0 Å². The van der Waals surface area contributed by atoms with Gasteiger partial charge < -0.3 is 4.74 Å². The van der Waals surface area contributed by atoms with E-state index in [1.165, 1.54) is 0 Å². The number of hydrogen-bond donors (Lipinski definition) is 0. The predicted molar refractivity (Wildman–Crippen MR) is 64.4 cm³/mol. The van der Waals surface area contributed by atoms with Crippen LogP contribution in [0.3, 0.4) is 0 Å². The van der Waals surface area contributed by atoms with Crippen LogP contribution in [0, 0.1) is 0 Å². The van der Waals surface area contributed by atoms with Gasteiger partial charge in [-0.2, -0.15) is 4.99 Å². The van der Waals surface area contributed by atoms with Crippen molar-refractivity contribution in [3.05, 3.63) is 23.6 Å². The summed E-state index contributed by atoms with van der Waals surface area (Å²) in [4.78, 5) is 15.0. The largest absolute Gasteiger partial charge is 0.442 e. The number of hydrogen-bond acceptors (Lipinski definition) is 3. The van der Waals surface area contributed by atoms with Gasteiger partial charge in [0.15, 0.2) is 0 Å². The van der Waals surface area contributed by atoms with Crippen LogP contribution in [0.5, 0.6) is 0 Å². The van der Waals surface area contributed by atoms with Gasteiger partial charge in [0.25, 0.3) is 0 Å². The van der Waals surface area contributed by atoms with E-state index in [-0.39, 0.29) is 5.25 Å². The summed E-state index contributed by atoms with van der Waals surface area (Å²) >= 11 is 1.60. The lowest BCUT2D eigenvalue weighted by Gasteiger charge is -2.17. The zero-order valence-corrected chi connectivity index (χ0v) is 9.95. The molecule has 15 heavy (non-hydrogen) atoms. The molecule has 0 saturated carbocycles. The summed E-state index contributed by atoms with van der Waals surface area (Å²) < 4.78 is 5.04. The van der Waals surface area contributed by atoms with Gasteiger partial charge in [-0.15, -0.1) is 11.8 Å². The van der Waals surface area contributed by atoms with Gasteiger partial charge >= 0.3 is 6.09 Å². The van der Waals surface area contributed by atoms with Crippen LogP contribution in [-0.2, 0) is 4.74 Å². The van der Waals surface area contributed by atoms with Gasteiger partial charge in [0.05, 0.1) is 5.25 Å². The van der Waals surface area contributed by atoms with E-state index >= 15 is 0 Å². The second-order valence-corrected chi connectivity index (χ2v) is 5.16. The molecule has 0 bridgehead atoms. The van der Waals surface area contributed by atoms with E-state index in [2.05, 4.69) is 4.99 Å². The molecule has 1 rings (SSSR count). The third-order valence-corrected chi connectivity index (χ3v) is 2.35. The Labute approximate surface area is 94.3 Å². The smallest absolute Gasteiger partial charge is 0.433 e. The topological polar surface area (TPSA) is 38.7 Å². The minimum absolute atomic E-state index is 0.127. The third-order valence-electron chi connectivity index (χ3n) is 1.45. The van der Waals surface area contributed by atoms with Gasteiger partial charge in [-0.25, -0.2) is 4.79 Å². The SMILES string of the molecule is CC(C)(C)OC(=O)/N=C/C1C=CC=CS1. The zero-order valence-electron chi connectivity index (χ0n) is 9.14. The van der Waals surface area contributed by atoms with E-state index in [4.69, 9.17) is 4.74 Å². The van der Waals surface area contributed by atoms with E-state index in [1.54, 1.807) is 18.0 Å². The Morgan fingerprint density at radius 1 is 1.47 bits per heavy atom. The van der Waals surface area contributed by atoms with Gasteiger partial charge in [0, 0.05) is 6.21 Å². The third kappa shape index (κ3) is 5.42. The molecule has 1 unspecified atom stereocenters. The molecule has 0 radical (unpaired) electrons. The maximum atomic E-state index is 11.2. The molecule has 0 aromatic rings. The second-order valence-electron chi connectivity index (χ2n) is 4.07. The Balaban J connectivity index is 2.41. The number of aliphatic imine (C=N–C) groups is 1. The van der Waals surface area contributed by atoms with E-state index < -0.39 is 11.7 Å². The van der Waals surface area contributed by atoms with Crippen LogP contribution in [0.4, 0.5) is 4.79 Å². The first-order valence-electron chi connectivity index (χ1n) is 4.73. The fraction of sp³-hybridized carbons (Fsp3) is 0.455. The maximum absolute atomic E-state index is 11.2. The second kappa shape index (κ2) is 5.16. The normalized spacial score (nSPS) is 20.9. The zero-order chi connectivity index (χ0) is 11.3. The maximum Gasteiger partial charge on any atom is 0.433 e. The summed E-state index contributed by atoms with van der Waals surface area (Å²) in [5, 5.41) is 2.09. The molecule has 1 atom stereocenters. The van der Waals surface area contributed by atoms with Crippen molar-refractivity contribution in [2.24, 2.45) is 4.99 Å². The fourth-order valence-electron chi connectivity index (χ4n) is 0.908. The minimum Gasteiger partial charge on any atom is -0.442 e. The number of thioether (sulfide) groups is 1. The number of allylic oxidation sites excluding steroid dienone is 2. The molecule has 0 saturated heterocycles. The molecular weight excluding hydrogens is 210 g/mol. The molecule has 0 N–H and O–H groups in total. The fourth-order valence-corrected chi connectivity index (χ4v) is 1.58. The Morgan fingerprint density at radius 3 is 2.73 bits per heavy atom. The van der Waals surface area contributed by atoms with Crippen molar-refractivity contribution in [2.45, 2.75) is 31.6 Å². The van der Waals surface area contributed by atoms with Crippen LogP contribution >= 0.6 is 11.8 Å². The Morgan fingerprint density at radius 2 is 2.20 bits per heavy atom. The van der Waals surface area contributed by atoms with Crippen molar-refractivity contribution in [1.29, 1.82) is 0 Å². The monoisotopic (exact) mass is 225 g/mol. The molecule has 4 heteroatoms. The van der Waals surface area contributed by atoms with Gasteiger partial charge in [-0.3, -0.25) is 0 Å². The molecule has 0 aromatic carbocycles. The average Bonchev–Trinajstić information content (AvgIpc) is 2.14. The lowest BCUT2D eigenvalue weighted by Crippen LogP contribution is -2.22. The highest BCUT2D eigenvalue weighted by Crippen LogP contribution is 2.16. The quantitative estimate of drug-likeness (QED) is 0.643. The molecule has 0 aromatic heterocycles. The summed E-state index contributed by atoms with van der Waals surface area (Å²) in [7, 11) is 0. The average molecular weight is 225 g/mol. The minimum atomic E-state index is -0.536.